The van der Waals surface area contributed by atoms with Crippen LogP contribution < -0.4 is 5.32 Å². The third-order valence-corrected chi connectivity index (χ3v) is 8.41. The number of fused-ring (bicyclic) bond motifs is 1. The van der Waals surface area contributed by atoms with E-state index in [-0.39, 0.29) is 18.7 Å². The maximum atomic E-state index is 13.2. The number of carboxylic acid groups (broad SMARTS) is 1. The second kappa shape index (κ2) is 10.5. The fraction of sp³-hybridized carbons (Fsp3) is 0.280. The summed E-state index contributed by atoms with van der Waals surface area (Å²) in [6.45, 7) is 0.430. The Bertz CT molecular complexity index is 1390. The standard InChI is InChI=1S/C25H23ClN4O4S2/c26-16-11-14(5-7-17(16)28-25-29-18-3-1-2-4-20(18)36-25)12-21(32)30-10-9-19(31)23(30)24-27-13-15(35-24)6-8-22(33)34/h1-5,7,11,13,19,23,31H,6,8-10,12H2,(H,28,29)(H,33,34)/t19-,23-/m0/s1. The lowest BCUT2D eigenvalue weighted by Gasteiger charge is -2.25. The zero-order chi connectivity index (χ0) is 25.2. The van der Waals surface area contributed by atoms with E-state index in [1.807, 2.05) is 36.4 Å². The number of anilines is 2. The van der Waals surface area contributed by atoms with Gasteiger partial charge in [0.2, 0.25) is 5.91 Å². The molecule has 2 aromatic carbocycles. The summed E-state index contributed by atoms with van der Waals surface area (Å²) in [6.07, 6.45) is 1.92. The summed E-state index contributed by atoms with van der Waals surface area (Å²) >= 11 is 9.41. The predicted molar refractivity (Wildman–Crippen MR) is 141 cm³/mol. The molecular formula is C25H23ClN4O4S2. The molecule has 1 amide bonds. The number of aryl methyl sites for hydroxylation is 1. The minimum atomic E-state index is -0.873. The van der Waals surface area contributed by atoms with E-state index in [4.69, 9.17) is 16.7 Å². The molecule has 1 aliphatic heterocycles. The zero-order valence-corrected chi connectivity index (χ0v) is 21.4. The van der Waals surface area contributed by atoms with Gasteiger partial charge in [0.15, 0.2) is 5.13 Å². The number of nitrogens with one attached hydrogen (secondary N) is 1. The van der Waals surface area contributed by atoms with E-state index in [0.717, 1.165) is 25.8 Å². The number of aliphatic hydroxyl groups is 1. The minimum Gasteiger partial charge on any atom is -0.481 e. The molecule has 0 spiro atoms. The first-order valence-electron chi connectivity index (χ1n) is 11.4. The number of hydrogen-bond acceptors (Lipinski definition) is 8. The Kier molecular flexibility index (Phi) is 7.20. The maximum absolute atomic E-state index is 13.2. The lowest BCUT2D eigenvalue weighted by molar-refractivity contribution is -0.137. The van der Waals surface area contributed by atoms with Gasteiger partial charge in [-0.05, 0) is 42.7 Å². The number of benzene rings is 2. The first-order chi connectivity index (χ1) is 17.4. The highest BCUT2D eigenvalue weighted by Crippen LogP contribution is 2.36. The Balaban J connectivity index is 1.26. The molecule has 36 heavy (non-hydrogen) atoms. The number of carbonyl (C=O) groups excluding carboxylic acids is 1. The van der Waals surface area contributed by atoms with Gasteiger partial charge in [0.1, 0.15) is 11.0 Å². The van der Waals surface area contributed by atoms with E-state index in [1.54, 1.807) is 17.2 Å². The lowest BCUT2D eigenvalue weighted by atomic mass is 10.1. The molecule has 0 radical (unpaired) electrons. The van der Waals surface area contributed by atoms with Gasteiger partial charge in [-0.2, -0.15) is 0 Å². The van der Waals surface area contributed by atoms with Gasteiger partial charge in [0.25, 0.3) is 0 Å². The Hall–Kier alpha value is -3.05. The molecule has 1 saturated heterocycles. The van der Waals surface area contributed by atoms with Crippen LogP contribution in [0, 0.1) is 0 Å². The number of amides is 1. The van der Waals surface area contributed by atoms with Gasteiger partial charge in [-0.15, -0.1) is 11.3 Å². The first-order valence-corrected chi connectivity index (χ1v) is 13.4. The van der Waals surface area contributed by atoms with Crippen LogP contribution in [0.4, 0.5) is 10.8 Å². The molecule has 0 bridgehead atoms. The highest BCUT2D eigenvalue weighted by Gasteiger charge is 2.38. The average Bonchev–Trinajstić information content (AvgIpc) is 3.57. The lowest BCUT2D eigenvalue weighted by Crippen LogP contribution is -2.34. The monoisotopic (exact) mass is 542 g/mol. The van der Waals surface area contributed by atoms with Crippen molar-refractivity contribution in [3.8, 4) is 0 Å². The summed E-state index contributed by atoms with van der Waals surface area (Å²) in [5.41, 5.74) is 2.39. The van der Waals surface area contributed by atoms with Crippen molar-refractivity contribution in [3.05, 3.63) is 69.1 Å². The summed E-state index contributed by atoms with van der Waals surface area (Å²) < 4.78 is 1.08. The molecule has 4 aromatic rings. The molecule has 2 aromatic heterocycles. The van der Waals surface area contributed by atoms with E-state index in [1.165, 1.54) is 22.7 Å². The number of nitrogens with zero attached hydrogens (tertiary/aromatic N) is 3. The Morgan fingerprint density at radius 1 is 1.19 bits per heavy atom. The highest BCUT2D eigenvalue weighted by molar-refractivity contribution is 7.22. The summed E-state index contributed by atoms with van der Waals surface area (Å²) in [7, 11) is 0. The fourth-order valence-electron chi connectivity index (χ4n) is 4.25. The summed E-state index contributed by atoms with van der Waals surface area (Å²) in [6, 6.07) is 12.8. The number of aliphatic hydroxyl groups excluding tert-OH is 1. The van der Waals surface area contributed by atoms with Gasteiger partial charge in [0.05, 0.1) is 39.9 Å². The Morgan fingerprint density at radius 2 is 2.03 bits per heavy atom. The van der Waals surface area contributed by atoms with Crippen molar-refractivity contribution in [1.29, 1.82) is 0 Å². The summed E-state index contributed by atoms with van der Waals surface area (Å²) in [5, 5.41) is 24.6. The third-order valence-electron chi connectivity index (χ3n) is 6.02. The molecule has 3 heterocycles. The molecule has 0 saturated carbocycles. The zero-order valence-electron chi connectivity index (χ0n) is 19.1. The number of rotatable bonds is 8. The van der Waals surface area contributed by atoms with Gasteiger partial charge >= 0.3 is 5.97 Å². The molecular weight excluding hydrogens is 520 g/mol. The van der Waals surface area contributed by atoms with Crippen LogP contribution in [0.15, 0.2) is 48.7 Å². The van der Waals surface area contributed by atoms with E-state index >= 15 is 0 Å². The highest BCUT2D eigenvalue weighted by atomic mass is 35.5. The number of hydrogen-bond donors (Lipinski definition) is 3. The van der Waals surface area contributed by atoms with Crippen LogP contribution in [0.2, 0.25) is 5.02 Å². The van der Waals surface area contributed by atoms with Crippen LogP contribution >= 0.6 is 34.3 Å². The van der Waals surface area contributed by atoms with Crippen LogP contribution in [-0.4, -0.2) is 49.6 Å². The third kappa shape index (κ3) is 5.36. The van der Waals surface area contributed by atoms with Gasteiger partial charge in [-0.3, -0.25) is 9.59 Å². The van der Waals surface area contributed by atoms with Crippen molar-refractivity contribution in [2.75, 3.05) is 11.9 Å². The van der Waals surface area contributed by atoms with Crippen LogP contribution in [0.1, 0.15) is 34.3 Å². The smallest absolute Gasteiger partial charge is 0.303 e. The van der Waals surface area contributed by atoms with E-state index in [2.05, 4.69) is 15.3 Å². The molecule has 3 N–H and O–H groups in total. The largest absolute Gasteiger partial charge is 0.481 e. The second-order valence-electron chi connectivity index (χ2n) is 8.55. The van der Waals surface area contributed by atoms with Gasteiger partial charge < -0.3 is 20.4 Å². The van der Waals surface area contributed by atoms with Crippen LogP contribution in [0.3, 0.4) is 0 Å². The fourth-order valence-corrected chi connectivity index (χ4v) is 6.46. The molecule has 1 aliphatic rings. The van der Waals surface area contributed by atoms with Crippen LogP contribution in [-0.2, 0) is 22.4 Å². The summed E-state index contributed by atoms with van der Waals surface area (Å²) in [4.78, 5) is 35.5. The number of para-hydroxylation sites is 1. The number of carboxylic acids is 1. The quantitative estimate of drug-likeness (QED) is 0.285. The predicted octanol–water partition coefficient (Wildman–Crippen LogP) is 5.04. The first kappa shape index (κ1) is 24.6. The molecule has 0 unspecified atom stereocenters. The van der Waals surface area contributed by atoms with Gasteiger partial charge in [-0.1, -0.05) is 41.1 Å². The number of carbonyl (C=O) groups is 2. The van der Waals surface area contributed by atoms with Crippen molar-refractivity contribution in [3.63, 3.8) is 0 Å². The minimum absolute atomic E-state index is 0.0160. The molecule has 8 nitrogen and oxygen atoms in total. The molecule has 11 heteroatoms. The van der Waals surface area contributed by atoms with Crippen molar-refractivity contribution in [2.45, 2.75) is 37.8 Å². The number of halogens is 1. The van der Waals surface area contributed by atoms with E-state index in [9.17, 15) is 14.7 Å². The number of thiazole rings is 2. The Labute approximate surface area is 220 Å². The van der Waals surface area contributed by atoms with Gasteiger partial charge in [0, 0.05) is 17.6 Å². The van der Waals surface area contributed by atoms with Crippen LogP contribution in [0.5, 0.6) is 0 Å². The molecule has 2 atom stereocenters. The van der Waals surface area contributed by atoms with Crippen molar-refractivity contribution in [2.24, 2.45) is 0 Å². The van der Waals surface area contributed by atoms with Crippen LogP contribution in [0.25, 0.3) is 10.2 Å². The summed E-state index contributed by atoms with van der Waals surface area (Å²) in [5.74, 6) is -0.996. The van der Waals surface area contributed by atoms with E-state index < -0.39 is 18.1 Å². The van der Waals surface area contributed by atoms with Crippen molar-refractivity contribution >= 4 is 67.2 Å². The van der Waals surface area contributed by atoms with Crippen molar-refractivity contribution in [1.82, 2.24) is 14.9 Å². The number of likely N-dealkylation sites (tertiary alicyclic amines) is 1. The number of aliphatic carboxylic acids is 1. The normalized spacial score (nSPS) is 17.6. The number of aromatic nitrogens is 2. The molecule has 0 aliphatic carbocycles. The molecule has 186 valence electrons. The molecule has 1 fully saturated rings. The van der Waals surface area contributed by atoms with Gasteiger partial charge in [-0.25, -0.2) is 9.97 Å². The topological polar surface area (TPSA) is 116 Å². The second-order valence-corrected chi connectivity index (χ2v) is 11.1. The average molecular weight is 543 g/mol. The SMILES string of the molecule is O=C(O)CCc1cnc([C@@H]2[C@@H](O)CCN2C(=O)Cc2ccc(Nc3nc4ccccc4s3)c(Cl)c2)s1. The molecule has 5 rings (SSSR count). The van der Waals surface area contributed by atoms with E-state index in [0.29, 0.717) is 35.1 Å². The van der Waals surface area contributed by atoms with Crippen molar-refractivity contribution < 1.29 is 19.8 Å². The maximum Gasteiger partial charge on any atom is 0.303 e. The Morgan fingerprint density at radius 3 is 2.81 bits per heavy atom.